The molecule has 9 nitrogen and oxygen atoms in total. The molecule has 1 atom stereocenters. The molecule has 0 bridgehead atoms. The van der Waals surface area contributed by atoms with Gasteiger partial charge in [0, 0.05) is 31.7 Å². The van der Waals surface area contributed by atoms with Crippen molar-refractivity contribution < 1.29 is 27.5 Å². The molecule has 2 aromatic rings. The van der Waals surface area contributed by atoms with Gasteiger partial charge in [0.05, 0.1) is 19.1 Å². The van der Waals surface area contributed by atoms with Crippen LogP contribution in [0.5, 0.6) is 11.5 Å². The second-order valence-electron chi connectivity index (χ2n) is 8.61. The van der Waals surface area contributed by atoms with Crippen LogP contribution in [0.2, 0.25) is 0 Å². The summed E-state index contributed by atoms with van der Waals surface area (Å²) in [6.07, 6.45) is 0.909. The molecule has 0 saturated carbocycles. The van der Waals surface area contributed by atoms with E-state index >= 15 is 0 Å². The Morgan fingerprint density at radius 3 is 1.92 bits per heavy atom. The third kappa shape index (κ3) is 6.17. The highest BCUT2D eigenvalue weighted by Gasteiger charge is 2.37. The van der Waals surface area contributed by atoms with Crippen LogP contribution in [0.15, 0.2) is 53.4 Å². The summed E-state index contributed by atoms with van der Waals surface area (Å²) in [4.78, 5) is 28.3. The third-order valence-electron chi connectivity index (χ3n) is 6.65. The smallest absolute Gasteiger partial charge is 0.251 e. The van der Waals surface area contributed by atoms with E-state index in [9.17, 15) is 18.0 Å². The van der Waals surface area contributed by atoms with Crippen LogP contribution >= 0.6 is 0 Å². The average Bonchev–Trinajstić information content (AvgIpc) is 2.92. The minimum atomic E-state index is -3.67. The average molecular weight is 518 g/mol. The molecule has 1 aliphatic rings. The van der Waals surface area contributed by atoms with E-state index in [2.05, 4.69) is 5.32 Å². The van der Waals surface area contributed by atoms with E-state index in [1.54, 1.807) is 48.4 Å². The van der Waals surface area contributed by atoms with Gasteiger partial charge in [-0.1, -0.05) is 0 Å². The van der Waals surface area contributed by atoms with Crippen molar-refractivity contribution in [2.45, 2.75) is 37.6 Å². The molecule has 1 aliphatic heterocycles. The number of benzene rings is 2. The van der Waals surface area contributed by atoms with Crippen LogP contribution in [-0.4, -0.2) is 75.9 Å². The molecule has 0 radical (unpaired) electrons. The van der Waals surface area contributed by atoms with Crippen molar-refractivity contribution in [1.29, 1.82) is 0 Å². The number of likely N-dealkylation sites (N-methyl/N-ethyl adjacent to an activating group) is 1. The molecule has 1 heterocycles. The van der Waals surface area contributed by atoms with Crippen LogP contribution < -0.4 is 14.8 Å². The zero-order chi connectivity index (χ0) is 26.3. The summed E-state index contributed by atoms with van der Waals surface area (Å²) in [5.41, 5.74) is 0.424. The van der Waals surface area contributed by atoms with Gasteiger partial charge in [0.1, 0.15) is 17.5 Å². The normalized spacial score (nSPS) is 15.7. The van der Waals surface area contributed by atoms with Gasteiger partial charge in [-0.25, -0.2) is 8.42 Å². The van der Waals surface area contributed by atoms with Crippen molar-refractivity contribution in [3.8, 4) is 11.5 Å². The van der Waals surface area contributed by atoms with Gasteiger partial charge in [0.2, 0.25) is 15.9 Å². The fourth-order valence-electron chi connectivity index (χ4n) is 4.43. The summed E-state index contributed by atoms with van der Waals surface area (Å²) >= 11 is 0. The summed E-state index contributed by atoms with van der Waals surface area (Å²) in [6, 6.07) is 12.2. The van der Waals surface area contributed by atoms with Crippen LogP contribution in [-0.2, 0) is 14.8 Å². The number of piperidine rings is 1. The molecule has 1 fully saturated rings. The minimum absolute atomic E-state index is 0.154. The number of carbonyl (C=O) groups excluding carboxylic acids is 2. The Bertz CT molecular complexity index is 1120. The zero-order valence-electron chi connectivity index (χ0n) is 21.3. The number of ether oxygens (including phenoxy) is 2. The molecule has 0 aromatic heterocycles. The van der Waals surface area contributed by atoms with Gasteiger partial charge in [-0.3, -0.25) is 9.59 Å². The number of hydrogen-bond donors (Lipinski definition) is 1. The summed E-state index contributed by atoms with van der Waals surface area (Å²) < 4.78 is 38.0. The Hall–Kier alpha value is -3.11. The highest BCUT2D eigenvalue weighted by Crippen LogP contribution is 2.28. The standard InChI is InChI=1S/C26H35N3O6S/c1-5-28(6-2)26(31)24(27-25(30)20-7-9-21(34-3)10-8-20)19-15-17-29(18-16-19)36(32,33)23-13-11-22(35-4)12-14-23/h7-14,19,24H,5-6,15-18H2,1-4H3,(H,27,30)/t24-/m1/s1. The molecule has 3 rings (SSSR count). The van der Waals surface area contributed by atoms with Crippen molar-refractivity contribution in [3.63, 3.8) is 0 Å². The van der Waals surface area contributed by atoms with Gasteiger partial charge in [0.15, 0.2) is 0 Å². The van der Waals surface area contributed by atoms with Crippen molar-refractivity contribution in [2.75, 3.05) is 40.4 Å². The van der Waals surface area contributed by atoms with E-state index in [1.807, 2.05) is 13.8 Å². The van der Waals surface area contributed by atoms with Crippen molar-refractivity contribution >= 4 is 21.8 Å². The second-order valence-corrected chi connectivity index (χ2v) is 10.5. The molecular formula is C26H35N3O6S. The highest BCUT2D eigenvalue weighted by atomic mass is 32.2. The van der Waals surface area contributed by atoms with E-state index in [1.165, 1.54) is 23.5 Å². The molecule has 10 heteroatoms. The Morgan fingerprint density at radius 2 is 1.44 bits per heavy atom. The SMILES string of the molecule is CCN(CC)C(=O)[C@H](NC(=O)c1ccc(OC)cc1)C1CCN(S(=O)(=O)c2ccc(OC)cc2)CC1. The Kier molecular flexibility index (Phi) is 9.33. The van der Waals surface area contributed by atoms with Gasteiger partial charge in [-0.15, -0.1) is 0 Å². The number of methoxy groups -OCH3 is 2. The van der Waals surface area contributed by atoms with Crippen LogP contribution in [0.4, 0.5) is 0 Å². The first-order chi connectivity index (χ1) is 17.2. The van der Waals surface area contributed by atoms with E-state index in [0.29, 0.717) is 43.0 Å². The molecule has 1 saturated heterocycles. The van der Waals surface area contributed by atoms with E-state index < -0.39 is 16.1 Å². The van der Waals surface area contributed by atoms with Crippen LogP contribution in [0.1, 0.15) is 37.0 Å². The van der Waals surface area contributed by atoms with Gasteiger partial charge in [0.25, 0.3) is 5.91 Å². The first-order valence-corrected chi connectivity index (χ1v) is 13.6. The molecule has 0 spiro atoms. The molecule has 1 N–H and O–H groups in total. The topological polar surface area (TPSA) is 105 Å². The first-order valence-electron chi connectivity index (χ1n) is 12.1. The predicted octanol–water partition coefficient (Wildman–Crippen LogP) is 2.77. The number of nitrogens with zero attached hydrogens (tertiary/aromatic N) is 2. The van der Waals surface area contributed by atoms with Gasteiger partial charge < -0.3 is 19.7 Å². The van der Waals surface area contributed by atoms with Gasteiger partial charge in [-0.2, -0.15) is 4.31 Å². The lowest BCUT2D eigenvalue weighted by Gasteiger charge is -2.37. The summed E-state index contributed by atoms with van der Waals surface area (Å²) in [5.74, 6) is 0.517. The van der Waals surface area contributed by atoms with Crippen molar-refractivity contribution in [2.24, 2.45) is 5.92 Å². The fourth-order valence-corrected chi connectivity index (χ4v) is 5.90. The lowest BCUT2D eigenvalue weighted by Crippen LogP contribution is -2.54. The lowest BCUT2D eigenvalue weighted by atomic mass is 9.89. The maximum atomic E-state index is 13.4. The number of rotatable bonds is 10. The quantitative estimate of drug-likeness (QED) is 0.520. The maximum absolute atomic E-state index is 13.4. The second kappa shape index (κ2) is 12.2. The van der Waals surface area contributed by atoms with Crippen LogP contribution in [0, 0.1) is 5.92 Å². The lowest BCUT2D eigenvalue weighted by molar-refractivity contribution is -0.134. The molecule has 2 aromatic carbocycles. The molecule has 0 unspecified atom stereocenters. The fraction of sp³-hybridized carbons (Fsp3) is 0.462. The monoisotopic (exact) mass is 517 g/mol. The number of carbonyl (C=O) groups is 2. The third-order valence-corrected chi connectivity index (χ3v) is 8.56. The predicted molar refractivity (Wildman–Crippen MR) is 137 cm³/mol. The number of amides is 2. The maximum Gasteiger partial charge on any atom is 0.251 e. The van der Waals surface area contributed by atoms with Crippen molar-refractivity contribution in [1.82, 2.24) is 14.5 Å². The summed E-state index contributed by atoms with van der Waals surface area (Å²) in [5, 5.41) is 2.93. The van der Waals surface area contributed by atoms with Gasteiger partial charge in [-0.05, 0) is 81.1 Å². The molecule has 196 valence electrons. The van der Waals surface area contributed by atoms with E-state index in [0.717, 1.165) is 0 Å². The minimum Gasteiger partial charge on any atom is -0.497 e. The van der Waals surface area contributed by atoms with Crippen LogP contribution in [0.25, 0.3) is 0 Å². The molecule has 2 amide bonds. The molecule has 0 aliphatic carbocycles. The number of hydrogen-bond acceptors (Lipinski definition) is 6. The summed E-state index contributed by atoms with van der Waals surface area (Å²) in [6.45, 7) is 5.37. The highest BCUT2D eigenvalue weighted by molar-refractivity contribution is 7.89. The Morgan fingerprint density at radius 1 is 0.944 bits per heavy atom. The largest absolute Gasteiger partial charge is 0.497 e. The molecular weight excluding hydrogens is 482 g/mol. The van der Waals surface area contributed by atoms with Crippen molar-refractivity contribution in [3.05, 3.63) is 54.1 Å². The summed E-state index contributed by atoms with van der Waals surface area (Å²) in [7, 11) is -0.595. The van der Waals surface area contributed by atoms with E-state index in [-0.39, 0.29) is 35.7 Å². The van der Waals surface area contributed by atoms with Gasteiger partial charge >= 0.3 is 0 Å². The zero-order valence-corrected chi connectivity index (χ0v) is 22.1. The number of sulfonamides is 1. The van der Waals surface area contributed by atoms with E-state index in [4.69, 9.17) is 9.47 Å². The Labute approximate surface area is 213 Å². The Balaban J connectivity index is 1.75. The first kappa shape index (κ1) is 27.5. The molecule has 36 heavy (non-hydrogen) atoms. The number of nitrogens with one attached hydrogen (secondary N) is 1. The van der Waals surface area contributed by atoms with Crippen LogP contribution in [0.3, 0.4) is 0 Å².